The van der Waals surface area contributed by atoms with Gasteiger partial charge < -0.3 is 20.3 Å². The van der Waals surface area contributed by atoms with Crippen molar-refractivity contribution in [3.05, 3.63) is 36.5 Å². The van der Waals surface area contributed by atoms with Gasteiger partial charge in [0.25, 0.3) is 0 Å². The molecule has 0 saturated heterocycles. The van der Waals surface area contributed by atoms with Gasteiger partial charge in [-0.1, -0.05) is 359 Å². The van der Waals surface area contributed by atoms with E-state index in [-0.39, 0.29) is 18.5 Å². The van der Waals surface area contributed by atoms with Crippen LogP contribution in [0.15, 0.2) is 36.5 Å². The SMILES string of the molecule is CCCCC/C=C\CCCCCCCC(=O)OCCCCCCCCCCCCCCCCCCCC/C=C\CCCCCCCCCCCCCCCCCCCC(=O)NC(CO)C(O)/C=C/CCCCCCCCCCCCCCC. The Morgan fingerprint density at radius 1 is 0.325 bits per heavy atom. The number of amides is 1. The van der Waals surface area contributed by atoms with Crippen LogP contribution in [-0.4, -0.2) is 47.4 Å². The zero-order valence-corrected chi connectivity index (χ0v) is 56.2. The summed E-state index contributed by atoms with van der Waals surface area (Å²) in [5, 5.41) is 23.2. The van der Waals surface area contributed by atoms with Crippen LogP contribution in [0.2, 0.25) is 0 Å². The molecule has 0 rings (SSSR count). The van der Waals surface area contributed by atoms with E-state index in [0.29, 0.717) is 19.4 Å². The molecule has 0 saturated carbocycles. The van der Waals surface area contributed by atoms with E-state index in [1.807, 2.05) is 6.08 Å². The number of unbranched alkanes of at least 4 members (excludes halogenated alkanes) is 56. The number of aliphatic hydroxyl groups excluding tert-OH is 2. The molecule has 0 aromatic heterocycles. The molecule has 3 N–H and O–H groups in total. The number of allylic oxidation sites excluding steroid dienone is 5. The maximum absolute atomic E-state index is 12.5. The molecular formula is C77H147NO5. The van der Waals surface area contributed by atoms with Crippen molar-refractivity contribution < 1.29 is 24.5 Å². The third-order valence-electron chi connectivity index (χ3n) is 17.6. The number of ether oxygens (including phenoxy) is 1. The second-order valence-electron chi connectivity index (χ2n) is 26.0. The van der Waals surface area contributed by atoms with Gasteiger partial charge in [0.15, 0.2) is 0 Å². The van der Waals surface area contributed by atoms with Gasteiger partial charge in [0.1, 0.15) is 0 Å². The molecule has 83 heavy (non-hydrogen) atoms. The third-order valence-corrected chi connectivity index (χ3v) is 17.6. The van der Waals surface area contributed by atoms with Gasteiger partial charge >= 0.3 is 5.97 Å². The first-order valence-corrected chi connectivity index (χ1v) is 37.8. The Balaban J connectivity index is 3.33. The summed E-state index contributed by atoms with van der Waals surface area (Å²) in [7, 11) is 0. The van der Waals surface area contributed by atoms with Crippen molar-refractivity contribution in [2.45, 2.75) is 431 Å². The van der Waals surface area contributed by atoms with Gasteiger partial charge in [-0.05, 0) is 83.5 Å². The Morgan fingerprint density at radius 2 is 0.566 bits per heavy atom. The van der Waals surface area contributed by atoms with E-state index in [1.165, 1.54) is 347 Å². The lowest BCUT2D eigenvalue weighted by Gasteiger charge is -2.20. The molecule has 0 aromatic carbocycles. The zero-order valence-electron chi connectivity index (χ0n) is 56.2. The lowest BCUT2D eigenvalue weighted by molar-refractivity contribution is -0.143. The molecule has 0 aliphatic carbocycles. The molecule has 0 heterocycles. The van der Waals surface area contributed by atoms with Crippen molar-refractivity contribution in [3.8, 4) is 0 Å². The van der Waals surface area contributed by atoms with Gasteiger partial charge in [-0.2, -0.15) is 0 Å². The van der Waals surface area contributed by atoms with Crippen LogP contribution in [0.25, 0.3) is 0 Å². The van der Waals surface area contributed by atoms with Crippen LogP contribution in [0, 0.1) is 0 Å². The molecule has 0 aliphatic rings. The summed E-state index contributed by atoms with van der Waals surface area (Å²) in [5.74, 6) is -0.0486. The van der Waals surface area contributed by atoms with E-state index in [0.717, 1.165) is 44.9 Å². The Bertz CT molecular complexity index is 1340. The van der Waals surface area contributed by atoms with Crippen LogP contribution in [0.5, 0.6) is 0 Å². The second-order valence-corrected chi connectivity index (χ2v) is 26.0. The fourth-order valence-corrected chi connectivity index (χ4v) is 11.9. The second kappa shape index (κ2) is 72.6. The quantitative estimate of drug-likeness (QED) is 0.0320. The number of esters is 1. The van der Waals surface area contributed by atoms with Crippen molar-refractivity contribution in [1.82, 2.24) is 5.32 Å². The standard InChI is InChI=1S/C77H147NO5/c1-3-5-7-9-11-13-15-17-43-46-49-53-57-61-65-69-75(80)74(73-79)78-76(81)70-66-62-58-54-50-47-44-41-39-37-35-33-31-29-27-25-23-21-19-18-20-22-24-26-28-30-32-34-36-38-40-42-45-48-52-56-60-64-68-72-83-77(82)71-67-63-59-55-51-16-14-12-10-8-6-4-2/h12,14,18-19,65,69,74-75,79-80H,3-11,13,15-17,20-64,66-68,70-73H2,1-2H3,(H,78,81)/b14-12-,19-18-,69-65+. The van der Waals surface area contributed by atoms with E-state index < -0.39 is 12.1 Å². The van der Waals surface area contributed by atoms with Crippen molar-refractivity contribution in [3.63, 3.8) is 0 Å². The number of hydrogen-bond acceptors (Lipinski definition) is 5. The maximum Gasteiger partial charge on any atom is 0.305 e. The summed E-state index contributed by atoms with van der Waals surface area (Å²) in [5.41, 5.74) is 0. The molecular weight excluding hydrogens is 1020 g/mol. The van der Waals surface area contributed by atoms with Gasteiger partial charge in [0.05, 0.1) is 25.4 Å². The minimum absolute atomic E-state index is 0.0125. The van der Waals surface area contributed by atoms with Crippen LogP contribution in [0.4, 0.5) is 0 Å². The predicted molar refractivity (Wildman–Crippen MR) is 366 cm³/mol. The molecule has 0 radical (unpaired) electrons. The third kappa shape index (κ3) is 69.1. The summed E-state index contributed by atoms with van der Waals surface area (Å²) in [6, 6.07) is -0.624. The number of hydrogen-bond donors (Lipinski definition) is 3. The average Bonchev–Trinajstić information content (AvgIpc) is 3.49. The van der Waals surface area contributed by atoms with Crippen molar-refractivity contribution in [2.24, 2.45) is 0 Å². The van der Waals surface area contributed by atoms with Gasteiger partial charge in [0.2, 0.25) is 5.91 Å². The van der Waals surface area contributed by atoms with Gasteiger partial charge in [-0.25, -0.2) is 0 Å². The van der Waals surface area contributed by atoms with Crippen molar-refractivity contribution >= 4 is 11.9 Å². The van der Waals surface area contributed by atoms with E-state index >= 15 is 0 Å². The fraction of sp³-hybridized carbons (Fsp3) is 0.896. The first kappa shape index (κ1) is 81.1. The summed E-state index contributed by atoms with van der Waals surface area (Å²) in [6.07, 6.45) is 94.1. The van der Waals surface area contributed by atoms with Gasteiger partial charge in [0, 0.05) is 12.8 Å². The average molecular weight is 1170 g/mol. The molecule has 0 spiro atoms. The summed E-state index contributed by atoms with van der Waals surface area (Å²) >= 11 is 0. The first-order valence-electron chi connectivity index (χ1n) is 37.8. The highest BCUT2D eigenvalue weighted by Crippen LogP contribution is 2.19. The zero-order chi connectivity index (χ0) is 59.9. The smallest absolute Gasteiger partial charge is 0.305 e. The van der Waals surface area contributed by atoms with Crippen LogP contribution in [0.3, 0.4) is 0 Å². The first-order chi connectivity index (χ1) is 41.0. The van der Waals surface area contributed by atoms with Crippen molar-refractivity contribution in [2.75, 3.05) is 13.2 Å². The van der Waals surface area contributed by atoms with Gasteiger partial charge in [-0.15, -0.1) is 0 Å². The largest absolute Gasteiger partial charge is 0.466 e. The van der Waals surface area contributed by atoms with E-state index in [1.54, 1.807) is 6.08 Å². The number of aliphatic hydroxyl groups is 2. The molecule has 2 atom stereocenters. The van der Waals surface area contributed by atoms with Gasteiger partial charge in [-0.3, -0.25) is 9.59 Å². The van der Waals surface area contributed by atoms with Crippen LogP contribution < -0.4 is 5.32 Å². The van der Waals surface area contributed by atoms with E-state index in [9.17, 15) is 19.8 Å². The Morgan fingerprint density at radius 3 is 0.880 bits per heavy atom. The lowest BCUT2D eigenvalue weighted by Crippen LogP contribution is -2.45. The topological polar surface area (TPSA) is 95.9 Å². The minimum atomic E-state index is -0.841. The summed E-state index contributed by atoms with van der Waals surface area (Å²) in [6.45, 7) is 4.91. The molecule has 6 heteroatoms. The molecule has 0 fully saturated rings. The Labute approximate surface area is 519 Å². The number of carbonyl (C=O) groups is 2. The Kier molecular flexibility index (Phi) is 70.9. The molecule has 490 valence electrons. The minimum Gasteiger partial charge on any atom is -0.466 e. The molecule has 0 aromatic rings. The van der Waals surface area contributed by atoms with Crippen LogP contribution in [-0.2, 0) is 14.3 Å². The maximum atomic E-state index is 12.5. The highest BCUT2D eigenvalue weighted by atomic mass is 16.5. The molecule has 0 aliphatic heterocycles. The normalized spacial score (nSPS) is 12.7. The predicted octanol–water partition coefficient (Wildman–Crippen LogP) is 24.7. The number of carbonyl (C=O) groups excluding carboxylic acids is 2. The Hall–Kier alpha value is -1.92. The highest BCUT2D eigenvalue weighted by Gasteiger charge is 2.18. The molecule has 0 bridgehead atoms. The lowest BCUT2D eigenvalue weighted by atomic mass is 10.0. The van der Waals surface area contributed by atoms with Crippen LogP contribution in [0.1, 0.15) is 418 Å². The molecule has 2 unspecified atom stereocenters. The summed E-state index contributed by atoms with van der Waals surface area (Å²) < 4.78 is 5.48. The monoisotopic (exact) mass is 1170 g/mol. The number of nitrogens with one attached hydrogen (secondary N) is 1. The highest BCUT2D eigenvalue weighted by molar-refractivity contribution is 5.76. The fourth-order valence-electron chi connectivity index (χ4n) is 11.9. The van der Waals surface area contributed by atoms with E-state index in [4.69, 9.17) is 4.74 Å². The van der Waals surface area contributed by atoms with E-state index in [2.05, 4.69) is 43.5 Å². The molecule has 1 amide bonds. The van der Waals surface area contributed by atoms with Crippen LogP contribution >= 0.6 is 0 Å². The summed E-state index contributed by atoms with van der Waals surface area (Å²) in [4.78, 5) is 24.5. The van der Waals surface area contributed by atoms with Crippen molar-refractivity contribution in [1.29, 1.82) is 0 Å². The number of rotatable bonds is 71. The molecule has 6 nitrogen and oxygen atoms in total.